The van der Waals surface area contributed by atoms with Gasteiger partial charge in [0.25, 0.3) is 0 Å². The summed E-state index contributed by atoms with van der Waals surface area (Å²) in [6, 6.07) is 4.18. The molecule has 2 aliphatic heterocycles. The Morgan fingerprint density at radius 2 is 1.80 bits per heavy atom. The van der Waals surface area contributed by atoms with E-state index in [1.54, 1.807) is 4.90 Å². The van der Waals surface area contributed by atoms with Gasteiger partial charge in [0, 0.05) is 65.1 Å². The van der Waals surface area contributed by atoms with Crippen LogP contribution in [-0.2, 0) is 11.3 Å². The molecule has 0 bridgehead atoms. The lowest BCUT2D eigenvalue weighted by molar-refractivity contribution is 0.0914. The first-order chi connectivity index (χ1) is 14.6. The lowest BCUT2D eigenvalue weighted by Gasteiger charge is -2.36. The van der Waals surface area contributed by atoms with E-state index >= 15 is 0 Å². The van der Waals surface area contributed by atoms with Crippen LogP contribution in [-0.4, -0.2) is 104 Å². The maximum atomic E-state index is 11.9. The number of piperazine rings is 2. The normalized spacial score (nSPS) is 18.5. The zero-order chi connectivity index (χ0) is 21.3. The van der Waals surface area contributed by atoms with E-state index in [1.807, 2.05) is 19.2 Å². The third kappa shape index (κ3) is 5.98. The average Bonchev–Trinajstić information content (AvgIpc) is 2.77. The number of anilines is 1. The standard InChI is InChI=1S/C21H35N7O2/c1-4-22-20(27-12-14-28(15-13-27)21(29)30-5-2)24-17-18-6-7-23-19(16-18)26-10-8-25(3)9-11-26/h6-7,16H,4-5,8-15,17H2,1-3H3,(H,22,24). The first kappa shape index (κ1) is 22.1. The van der Waals surface area contributed by atoms with Gasteiger partial charge in [-0.15, -0.1) is 0 Å². The van der Waals surface area contributed by atoms with Gasteiger partial charge in [0.05, 0.1) is 13.2 Å². The summed E-state index contributed by atoms with van der Waals surface area (Å²) in [5, 5.41) is 3.38. The van der Waals surface area contributed by atoms with Crippen LogP contribution in [0.1, 0.15) is 19.4 Å². The molecule has 3 heterocycles. The Labute approximate surface area is 179 Å². The summed E-state index contributed by atoms with van der Waals surface area (Å²) in [6.07, 6.45) is 1.65. The number of hydrogen-bond donors (Lipinski definition) is 1. The SMILES string of the molecule is CCNC(=NCc1ccnc(N2CCN(C)CC2)c1)N1CCN(C(=O)OCC)CC1. The van der Waals surface area contributed by atoms with Crippen molar-refractivity contribution < 1.29 is 9.53 Å². The van der Waals surface area contributed by atoms with Gasteiger partial charge in [0.1, 0.15) is 5.82 Å². The Hall–Kier alpha value is -2.55. The summed E-state index contributed by atoms with van der Waals surface area (Å²) in [4.78, 5) is 30.0. The van der Waals surface area contributed by atoms with Crippen molar-refractivity contribution in [2.75, 3.05) is 77.5 Å². The number of aromatic nitrogens is 1. The number of amides is 1. The minimum Gasteiger partial charge on any atom is -0.450 e. The molecule has 0 saturated carbocycles. The van der Waals surface area contributed by atoms with E-state index in [9.17, 15) is 4.79 Å². The second-order valence-corrected chi connectivity index (χ2v) is 7.66. The van der Waals surface area contributed by atoms with Crippen LogP contribution in [0.5, 0.6) is 0 Å². The first-order valence-electron chi connectivity index (χ1n) is 10.9. The Balaban J connectivity index is 1.60. The van der Waals surface area contributed by atoms with Crippen LogP contribution in [0.4, 0.5) is 10.6 Å². The van der Waals surface area contributed by atoms with Crippen molar-refractivity contribution in [1.82, 2.24) is 25.0 Å². The lowest BCUT2D eigenvalue weighted by Crippen LogP contribution is -2.53. The van der Waals surface area contributed by atoms with Crippen LogP contribution in [0.2, 0.25) is 0 Å². The number of hydrogen-bond acceptors (Lipinski definition) is 6. The smallest absolute Gasteiger partial charge is 0.409 e. The molecule has 2 aliphatic rings. The quantitative estimate of drug-likeness (QED) is 0.567. The predicted molar refractivity (Wildman–Crippen MR) is 119 cm³/mol. The summed E-state index contributed by atoms with van der Waals surface area (Å²) < 4.78 is 5.11. The second-order valence-electron chi connectivity index (χ2n) is 7.66. The topological polar surface area (TPSA) is 76.5 Å². The van der Waals surface area contributed by atoms with Gasteiger partial charge in [-0.25, -0.2) is 14.8 Å². The number of carbonyl (C=O) groups excluding carboxylic acids is 1. The van der Waals surface area contributed by atoms with Gasteiger partial charge in [0.2, 0.25) is 0 Å². The van der Waals surface area contributed by atoms with E-state index in [4.69, 9.17) is 9.73 Å². The summed E-state index contributed by atoms with van der Waals surface area (Å²) in [7, 11) is 2.16. The van der Waals surface area contributed by atoms with Crippen molar-refractivity contribution in [3.8, 4) is 0 Å². The van der Waals surface area contributed by atoms with Gasteiger partial charge < -0.3 is 29.7 Å². The fourth-order valence-corrected chi connectivity index (χ4v) is 3.67. The van der Waals surface area contributed by atoms with E-state index in [-0.39, 0.29) is 6.09 Å². The number of rotatable bonds is 5. The lowest BCUT2D eigenvalue weighted by atomic mass is 10.2. The molecule has 0 spiro atoms. The summed E-state index contributed by atoms with van der Waals surface area (Å²) in [5.74, 6) is 1.92. The fourth-order valence-electron chi connectivity index (χ4n) is 3.67. The Bertz CT molecular complexity index is 711. The van der Waals surface area contributed by atoms with Gasteiger partial charge in [-0.3, -0.25) is 0 Å². The number of likely N-dealkylation sites (N-methyl/N-ethyl adjacent to an activating group) is 1. The van der Waals surface area contributed by atoms with E-state index < -0.39 is 0 Å². The number of nitrogens with one attached hydrogen (secondary N) is 1. The molecule has 166 valence electrons. The molecule has 2 fully saturated rings. The van der Waals surface area contributed by atoms with Crippen LogP contribution in [0.25, 0.3) is 0 Å². The number of ether oxygens (including phenoxy) is 1. The monoisotopic (exact) mass is 417 g/mol. The maximum Gasteiger partial charge on any atom is 0.409 e. The Morgan fingerprint density at radius 1 is 1.10 bits per heavy atom. The molecule has 1 N–H and O–H groups in total. The van der Waals surface area contributed by atoms with Crippen molar-refractivity contribution in [3.63, 3.8) is 0 Å². The Morgan fingerprint density at radius 3 is 2.47 bits per heavy atom. The highest BCUT2D eigenvalue weighted by molar-refractivity contribution is 5.80. The summed E-state index contributed by atoms with van der Waals surface area (Å²) in [6.45, 7) is 12.6. The molecule has 1 aromatic heterocycles. The average molecular weight is 418 g/mol. The van der Waals surface area contributed by atoms with E-state index in [0.29, 0.717) is 26.2 Å². The molecular weight excluding hydrogens is 382 g/mol. The number of aliphatic imine (C=N–C) groups is 1. The molecule has 0 aliphatic carbocycles. The van der Waals surface area contributed by atoms with Crippen molar-refractivity contribution in [3.05, 3.63) is 23.9 Å². The predicted octanol–water partition coefficient (Wildman–Crippen LogP) is 1.07. The molecular formula is C21H35N7O2. The largest absolute Gasteiger partial charge is 0.450 e. The zero-order valence-electron chi connectivity index (χ0n) is 18.5. The molecule has 9 nitrogen and oxygen atoms in total. The highest BCUT2D eigenvalue weighted by Crippen LogP contribution is 2.15. The van der Waals surface area contributed by atoms with Crippen molar-refractivity contribution in [2.45, 2.75) is 20.4 Å². The molecule has 1 aromatic rings. The summed E-state index contributed by atoms with van der Waals surface area (Å²) in [5.41, 5.74) is 1.15. The highest BCUT2D eigenvalue weighted by Gasteiger charge is 2.23. The number of nitrogens with zero attached hydrogens (tertiary/aromatic N) is 6. The minimum atomic E-state index is -0.229. The second kappa shape index (κ2) is 11.0. The van der Waals surface area contributed by atoms with Gasteiger partial charge >= 0.3 is 6.09 Å². The molecule has 30 heavy (non-hydrogen) atoms. The number of guanidine groups is 1. The van der Waals surface area contributed by atoms with E-state index in [1.165, 1.54) is 0 Å². The van der Waals surface area contributed by atoms with Gasteiger partial charge in [-0.1, -0.05) is 0 Å². The molecule has 2 saturated heterocycles. The van der Waals surface area contributed by atoms with Crippen LogP contribution in [0.15, 0.2) is 23.3 Å². The van der Waals surface area contributed by atoms with Crippen molar-refractivity contribution in [1.29, 1.82) is 0 Å². The first-order valence-corrected chi connectivity index (χ1v) is 10.9. The third-order valence-electron chi connectivity index (χ3n) is 5.49. The molecule has 1 amide bonds. The zero-order valence-corrected chi connectivity index (χ0v) is 18.5. The molecule has 3 rings (SSSR count). The van der Waals surface area contributed by atoms with Crippen molar-refractivity contribution >= 4 is 17.9 Å². The van der Waals surface area contributed by atoms with Gasteiger partial charge in [-0.05, 0) is 38.6 Å². The number of pyridine rings is 1. The van der Waals surface area contributed by atoms with E-state index in [2.05, 4.69) is 45.0 Å². The van der Waals surface area contributed by atoms with Crippen molar-refractivity contribution in [2.24, 2.45) is 4.99 Å². The van der Waals surface area contributed by atoms with E-state index in [0.717, 1.165) is 63.2 Å². The summed E-state index contributed by atoms with van der Waals surface area (Å²) >= 11 is 0. The fraction of sp³-hybridized carbons (Fsp3) is 0.667. The number of carbonyl (C=O) groups is 1. The molecule has 0 atom stereocenters. The maximum absolute atomic E-state index is 11.9. The van der Waals surface area contributed by atoms with Crippen LogP contribution < -0.4 is 10.2 Å². The minimum absolute atomic E-state index is 0.229. The van der Waals surface area contributed by atoms with Crippen LogP contribution in [0, 0.1) is 0 Å². The van der Waals surface area contributed by atoms with Crippen LogP contribution in [0.3, 0.4) is 0 Å². The molecule has 9 heteroatoms. The van der Waals surface area contributed by atoms with Gasteiger partial charge in [-0.2, -0.15) is 0 Å². The van der Waals surface area contributed by atoms with Gasteiger partial charge in [0.15, 0.2) is 5.96 Å². The molecule has 0 aromatic carbocycles. The molecule has 0 radical (unpaired) electrons. The van der Waals surface area contributed by atoms with Crippen LogP contribution >= 0.6 is 0 Å². The highest BCUT2D eigenvalue weighted by atomic mass is 16.6. The Kier molecular flexibility index (Phi) is 8.12. The third-order valence-corrected chi connectivity index (χ3v) is 5.49. The molecule has 0 unspecified atom stereocenters.